The quantitative estimate of drug-likeness (QED) is 0.919. The number of amides is 1. The maximum Gasteiger partial charge on any atom is 0.238 e. The summed E-state index contributed by atoms with van der Waals surface area (Å²) in [7, 11) is 1.85. The van der Waals surface area contributed by atoms with E-state index in [2.05, 4.69) is 10.3 Å². The van der Waals surface area contributed by atoms with Crippen molar-refractivity contribution in [2.75, 3.05) is 18.9 Å². The molecular weight excluding hydrogens is 269 g/mol. The van der Waals surface area contributed by atoms with Gasteiger partial charge in [0, 0.05) is 18.4 Å². The number of pyridine rings is 1. The van der Waals surface area contributed by atoms with Crippen LogP contribution in [0.25, 0.3) is 0 Å². The molecule has 1 N–H and O–H groups in total. The fourth-order valence-corrected chi connectivity index (χ4v) is 2.01. The molecule has 2 rings (SSSR count). The van der Waals surface area contributed by atoms with Crippen LogP contribution in [0.5, 0.6) is 0 Å². The van der Waals surface area contributed by atoms with Gasteiger partial charge in [-0.25, -0.2) is 4.39 Å². The average Bonchev–Trinajstić information content (AvgIpc) is 2.49. The van der Waals surface area contributed by atoms with Crippen LogP contribution in [0.3, 0.4) is 0 Å². The van der Waals surface area contributed by atoms with Crippen LogP contribution >= 0.6 is 0 Å². The van der Waals surface area contributed by atoms with Crippen LogP contribution in [0, 0.1) is 5.82 Å². The van der Waals surface area contributed by atoms with Gasteiger partial charge < -0.3 is 5.32 Å². The lowest BCUT2D eigenvalue weighted by molar-refractivity contribution is -0.117. The molecule has 0 bridgehead atoms. The van der Waals surface area contributed by atoms with Crippen LogP contribution in [0.4, 0.5) is 10.1 Å². The van der Waals surface area contributed by atoms with Crippen molar-refractivity contribution < 1.29 is 9.18 Å². The minimum absolute atomic E-state index is 0.0689. The summed E-state index contributed by atoms with van der Waals surface area (Å²) in [6.07, 6.45) is 3.44. The number of nitrogens with one attached hydrogen (secondary N) is 1. The van der Waals surface area contributed by atoms with E-state index in [-0.39, 0.29) is 24.2 Å². The van der Waals surface area contributed by atoms with Gasteiger partial charge in [0.05, 0.1) is 12.2 Å². The first-order valence-electron chi connectivity index (χ1n) is 6.72. The topological polar surface area (TPSA) is 45.2 Å². The van der Waals surface area contributed by atoms with E-state index in [4.69, 9.17) is 0 Å². The van der Waals surface area contributed by atoms with Crippen molar-refractivity contribution in [1.29, 1.82) is 0 Å². The Morgan fingerprint density at radius 2 is 1.95 bits per heavy atom. The highest BCUT2D eigenvalue weighted by Gasteiger charge is 2.15. The number of rotatable bonds is 5. The van der Waals surface area contributed by atoms with Crippen LogP contribution in [-0.4, -0.2) is 29.4 Å². The number of benzene rings is 1. The predicted molar refractivity (Wildman–Crippen MR) is 80.3 cm³/mol. The number of hydrogen-bond donors (Lipinski definition) is 1. The molecule has 1 amide bonds. The minimum Gasteiger partial charge on any atom is -0.322 e. The SMILES string of the molecule is C[C@H](c1ccncc1)N(C)CC(=O)Nc1ccccc1F. The van der Waals surface area contributed by atoms with E-state index in [1.165, 1.54) is 6.07 Å². The minimum atomic E-state index is -0.435. The van der Waals surface area contributed by atoms with E-state index in [0.29, 0.717) is 0 Å². The van der Waals surface area contributed by atoms with Crippen LogP contribution in [-0.2, 0) is 4.79 Å². The first-order chi connectivity index (χ1) is 10.1. The molecule has 0 aliphatic heterocycles. The molecule has 0 radical (unpaired) electrons. The lowest BCUT2D eigenvalue weighted by Gasteiger charge is -2.24. The monoisotopic (exact) mass is 287 g/mol. The molecule has 5 heteroatoms. The Hall–Kier alpha value is -2.27. The smallest absolute Gasteiger partial charge is 0.238 e. The molecule has 0 aliphatic rings. The Kier molecular flexibility index (Phi) is 5.00. The van der Waals surface area contributed by atoms with Gasteiger partial charge >= 0.3 is 0 Å². The van der Waals surface area contributed by atoms with Gasteiger partial charge in [0.1, 0.15) is 5.82 Å². The second-order valence-corrected chi connectivity index (χ2v) is 4.90. The molecule has 1 heterocycles. The zero-order valence-electron chi connectivity index (χ0n) is 12.1. The normalized spacial score (nSPS) is 12.2. The van der Waals surface area contributed by atoms with Gasteiger partial charge in [-0.15, -0.1) is 0 Å². The number of hydrogen-bond acceptors (Lipinski definition) is 3. The number of nitrogens with zero attached hydrogens (tertiary/aromatic N) is 2. The van der Waals surface area contributed by atoms with E-state index in [0.717, 1.165) is 5.56 Å². The Labute approximate surface area is 123 Å². The molecule has 0 saturated carbocycles. The molecule has 0 fully saturated rings. The fraction of sp³-hybridized carbons (Fsp3) is 0.250. The van der Waals surface area contributed by atoms with Gasteiger partial charge in [-0.05, 0) is 43.8 Å². The van der Waals surface area contributed by atoms with Gasteiger partial charge in [0.2, 0.25) is 5.91 Å². The highest BCUT2D eigenvalue weighted by Crippen LogP contribution is 2.18. The lowest BCUT2D eigenvalue weighted by Crippen LogP contribution is -2.32. The maximum absolute atomic E-state index is 13.5. The highest BCUT2D eigenvalue weighted by atomic mass is 19.1. The molecule has 110 valence electrons. The van der Waals surface area contributed by atoms with Crippen molar-refractivity contribution >= 4 is 11.6 Å². The van der Waals surface area contributed by atoms with Crippen LogP contribution in [0.2, 0.25) is 0 Å². The van der Waals surface area contributed by atoms with E-state index in [9.17, 15) is 9.18 Å². The summed E-state index contributed by atoms with van der Waals surface area (Å²) in [6.45, 7) is 2.18. The summed E-state index contributed by atoms with van der Waals surface area (Å²) in [6, 6.07) is 10.0. The van der Waals surface area contributed by atoms with Crippen LogP contribution < -0.4 is 5.32 Å². The second kappa shape index (κ2) is 6.95. The van der Waals surface area contributed by atoms with Crippen molar-refractivity contribution in [1.82, 2.24) is 9.88 Å². The predicted octanol–water partition coefficient (Wildman–Crippen LogP) is 2.85. The summed E-state index contributed by atoms with van der Waals surface area (Å²) in [5.74, 6) is -0.681. The first-order valence-corrected chi connectivity index (χ1v) is 6.72. The Balaban J connectivity index is 1.95. The molecule has 0 aliphatic carbocycles. The number of carbonyl (C=O) groups excluding carboxylic acids is 1. The van der Waals surface area contributed by atoms with Crippen molar-refractivity contribution in [3.8, 4) is 0 Å². The molecule has 2 aromatic rings. The van der Waals surface area contributed by atoms with Gasteiger partial charge in [0.15, 0.2) is 0 Å². The highest BCUT2D eigenvalue weighted by molar-refractivity contribution is 5.92. The lowest BCUT2D eigenvalue weighted by atomic mass is 10.1. The molecule has 0 spiro atoms. The second-order valence-electron chi connectivity index (χ2n) is 4.90. The van der Waals surface area contributed by atoms with E-state index < -0.39 is 5.82 Å². The standard InChI is InChI=1S/C16H18FN3O/c1-12(13-7-9-18-10-8-13)20(2)11-16(21)19-15-6-4-3-5-14(15)17/h3-10,12H,11H2,1-2H3,(H,19,21)/t12-/m1/s1. The first kappa shape index (κ1) is 15.1. The van der Waals surface area contributed by atoms with Gasteiger partial charge in [-0.2, -0.15) is 0 Å². The number of para-hydroxylation sites is 1. The van der Waals surface area contributed by atoms with Crippen molar-refractivity contribution in [2.24, 2.45) is 0 Å². The van der Waals surface area contributed by atoms with Gasteiger partial charge in [0.25, 0.3) is 0 Å². The van der Waals surface area contributed by atoms with E-state index in [1.807, 2.05) is 31.0 Å². The number of anilines is 1. The van der Waals surface area contributed by atoms with Crippen molar-refractivity contribution in [2.45, 2.75) is 13.0 Å². The van der Waals surface area contributed by atoms with Crippen LogP contribution in [0.1, 0.15) is 18.5 Å². The summed E-state index contributed by atoms with van der Waals surface area (Å²) in [4.78, 5) is 17.8. The third-order valence-corrected chi connectivity index (χ3v) is 3.39. The van der Waals surface area contributed by atoms with Crippen molar-refractivity contribution in [3.63, 3.8) is 0 Å². The molecule has 1 atom stereocenters. The number of halogens is 1. The number of likely N-dealkylation sites (N-methyl/N-ethyl adjacent to an activating group) is 1. The Bertz CT molecular complexity index is 603. The summed E-state index contributed by atoms with van der Waals surface area (Å²) in [5.41, 5.74) is 1.28. The molecule has 4 nitrogen and oxygen atoms in total. The zero-order chi connectivity index (χ0) is 15.2. The van der Waals surface area contributed by atoms with E-state index >= 15 is 0 Å². The average molecular weight is 287 g/mol. The van der Waals surface area contributed by atoms with E-state index in [1.54, 1.807) is 30.6 Å². The third-order valence-electron chi connectivity index (χ3n) is 3.39. The molecule has 1 aromatic heterocycles. The summed E-state index contributed by atoms with van der Waals surface area (Å²) in [5, 5.41) is 2.58. The number of carbonyl (C=O) groups is 1. The molecule has 0 unspecified atom stereocenters. The molecular formula is C16H18FN3O. The Morgan fingerprint density at radius 1 is 1.29 bits per heavy atom. The maximum atomic E-state index is 13.5. The Morgan fingerprint density at radius 3 is 2.62 bits per heavy atom. The largest absolute Gasteiger partial charge is 0.322 e. The summed E-state index contributed by atoms with van der Waals surface area (Å²) < 4.78 is 13.5. The zero-order valence-corrected chi connectivity index (χ0v) is 12.1. The molecule has 1 aromatic carbocycles. The third kappa shape index (κ3) is 4.10. The van der Waals surface area contributed by atoms with Gasteiger partial charge in [-0.1, -0.05) is 12.1 Å². The fourth-order valence-electron chi connectivity index (χ4n) is 2.01. The van der Waals surface area contributed by atoms with Crippen molar-refractivity contribution in [3.05, 3.63) is 60.2 Å². The number of aromatic nitrogens is 1. The molecule has 21 heavy (non-hydrogen) atoms. The van der Waals surface area contributed by atoms with Gasteiger partial charge in [-0.3, -0.25) is 14.7 Å². The summed E-state index contributed by atoms with van der Waals surface area (Å²) >= 11 is 0. The molecule has 0 saturated heterocycles. The van der Waals surface area contributed by atoms with Crippen LogP contribution in [0.15, 0.2) is 48.8 Å².